The number of nitrogens with two attached hydrogens (primary N) is 1. The van der Waals surface area contributed by atoms with Crippen LogP contribution in [0.3, 0.4) is 0 Å². The van der Waals surface area contributed by atoms with Crippen LogP contribution in [0.25, 0.3) is 0 Å². The zero-order valence-corrected chi connectivity index (χ0v) is 10.1. The summed E-state index contributed by atoms with van der Waals surface area (Å²) in [6, 6.07) is 2.94. The fourth-order valence-corrected chi connectivity index (χ4v) is 2.00. The van der Waals surface area contributed by atoms with E-state index in [9.17, 15) is 8.42 Å². The number of primary sulfonamides is 1. The highest BCUT2D eigenvalue weighted by Crippen LogP contribution is 2.11. The van der Waals surface area contributed by atoms with Crippen molar-refractivity contribution < 1.29 is 17.6 Å². The fourth-order valence-electron chi connectivity index (χ4n) is 1.52. The number of nitrogens with one attached hydrogen (secondary N) is 1. The number of hydrogen-bond acceptors (Lipinski definition) is 6. The summed E-state index contributed by atoms with van der Waals surface area (Å²) in [5.74, 6) is 0.528. The summed E-state index contributed by atoms with van der Waals surface area (Å²) in [6.07, 6.45) is 0. The van der Waals surface area contributed by atoms with Crippen LogP contribution in [0.2, 0.25) is 0 Å². The molecule has 0 amide bonds. The number of furan rings is 1. The summed E-state index contributed by atoms with van der Waals surface area (Å²) in [6.45, 7) is 3.39. The summed E-state index contributed by atoms with van der Waals surface area (Å²) < 4.78 is 32.3. The molecule has 0 atom stereocenters. The lowest BCUT2D eigenvalue weighted by atomic mass is 10.4. The van der Waals surface area contributed by atoms with Gasteiger partial charge in [-0.15, -0.1) is 0 Å². The van der Waals surface area contributed by atoms with Gasteiger partial charge < -0.3 is 9.15 Å². The number of rotatable bonds is 4. The zero-order valence-electron chi connectivity index (χ0n) is 9.26. The maximum atomic E-state index is 11.0. The topological polar surface area (TPSA) is 97.8 Å². The monoisotopic (exact) mass is 261 g/mol. The minimum Gasteiger partial charge on any atom is -0.447 e. The van der Waals surface area contributed by atoms with Gasteiger partial charge in [0.25, 0.3) is 10.0 Å². The molecule has 0 saturated carbocycles. The highest BCUT2D eigenvalue weighted by molar-refractivity contribution is 7.89. The van der Waals surface area contributed by atoms with Crippen molar-refractivity contribution in [1.82, 2.24) is 10.4 Å². The summed E-state index contributed by atoms with van der Waals surface area (Å²) in [5.41, 5.74) is 3.13. The molecule has 8 heteroatoms. The van der Waals surface area contributed by atoms with E-state index in [4.69, 9.17) is 14.3 Å². The molecule has 0 bridgehead atoms. The number of hydrogen-bond donors (Lipinski definition) is 2. The number of hydrazine groups is 1. The molecule has 3 N–H and O–H groups in total. The van der Waals surface area contributed by atoms with Crippen molar-refractivity contribution in [3.8, 4) is 0 Å². The van der Waals surface area contributed by atoms with Crippen molar-refractivity contribution in [3.63, 3.8) is 0 Å². The lowest BCUT2D eigenvalue weighted by Gasteiger charge is -2.26. The molecule has 96 valence electrons. The Balaban J connectivity index is 1.89. The second-order valence-corrected chi connectivity index (χ2v) is 5.19. The van der Waals surface area contributed by atoms with Crippen molar-refractivity contribution in [2.75, 3.05) is 26.3 Å². The third kappa shape index (κ3) is 3.51. The van der Waals surface area contributed by atoms with Gasteiger partial charge in [0.1, 0.15) is 5.76 Å². The Morgan fingerprint density at radius 3 is 2.65 bits per heavy atom. The van der Waals surface area contributed by atoms with Crippen LogP contribution in [0.15, 0.2) is 21.6 Å². The molecule has 17 heavy (non-hydrogen) atoms. The van der Waals surface area contributed by atoms with Crippen LogP contribution in [0.4, 0.5) is 0 Å². The van der Waals surface area contributed by atoms with Gasteiger partial charge in [0.15, 0.2) is 0 Å². The zero-order chi connectivity index (χ0) is 12.3. The molecule has 1 aromatic heterocycles. The first-order valence-electron chi connectivity index (χ1n) is 5.23. The molecule has 0 unspecified atom stereocenters. The maximum Gasteiger partial charge on any atom is 0.271 e. The van der Waals surface area contributed by atoms with E-state index in [1.54, 1.807) is 6.07 Å². The van der Waals surface area contributed by atoms with Gasteiger partial charge in [-0.1, -0.05) is 0 Å². The van der Waals surface area contributed by atoms with E-state index >= 15 is 0 Å². The molecule has 2 heterocycles. The lowest BCUT2D eigenvalue weighted by Crippen LogP contribution is -2.45. The molecule has 1 saturated heterocycles. The standard InChI is InChI=1S/C9H15N3O4S/c10-17(13,14)9-2-1-8(16-9)7-11-12-3-5-15-6-4-12/h1-2,11H,3-7H2,(H2,10,13,14). The van der Waals surface area contributed by atoms with Crippen LogP contribution < -0.4 is 10.6 Å². The lowest BCUT2D eigenvalue weighted by molar-refractivity contribution is 0.00927. The van der Waals surface area contributed by atoms with Gasteiger partial charge in [-0.25, -0.2) is 24.0 Å². The summed E-state index contributed by atoms with van der Waals surface area (Å²) in [7, 11) is -3.75. The SMILES string of the molecule is NS(=O)(=O)c1ccc(CNN2CCOCC2)o1. The largest absolute Gasteiger partial charge is 0.447 e. The average molecular weight is 261 g/mol. The third-order valence-corrected chi connectivity index (χ3v) is 3.19. The molecule has 1 aliphatic rings. The highest BCUT2D eigenvalue weighted by atomic mass is 32.2. The Morgan fingerprint density at radius 2 is 2.06 bits per heavy atom. The van der Waals surface area contributed by atoms with Crippen molar-refractivity contribution in [3.05, 3.63) is 17.9 Å². The van der Waals surface area contributed by atoms with E-state index in [2.05, 4.69) is 5.43 Å². The smallest absolute Gasteiger partial charge is 0.271 e. The van der Waals surface area contributed by atoms with Crippen LogP contribution in [0.1, 0.15) is 5.76 Å². The van der Waals surface area contributed by atoms with Crippen LogP contribution >= 0.6 is 0 Å². The third-order valence-electron chi connectivity index (χ3n) is 2.41. The minimum absolute atomic E-state index is 0.212. The molecule has 0 spiro atoms. The Kier molecular flexibility index (Phi) is 3.79. The predicted octanol–water partition coefficient (Wildman–Crippen LogP) is -0.736. The molecule has 2 rings (SSSR count). The average Bonchev–Trinajstić information content (AvgIpc) is 2.76. The Hall–Kier alpha value is -0.930. The van der Waals surface area contributed by atoms with Crippen molar-refractivity contribution in [2.45, 2.75) is 11.6 Å². The van der Waals surface area contributed by atoms with Crippen LogP contribution in [-0.4, -0.2) is 39.7 Å². The highest BCUT2D eigenvalue weighted by Gasteiger charge is 2.14. The van der Waals surface area contributed by atoms with Crippen LogP contribution in [0.5, 0.6) is 0 Å². The number of morpholine rings is 1. The molecule has 1 fully saturated rings. The van der Waals surface area contributed by atoms with Crippen molar-refractivity contribution in [1.29, 1.82) is 0 Å². The number of sulfonamides is 1. The van der Waals surface area contributed by atoms with E-state index in [0.717, 1.165) is 13.1 Å². The molecule has 1 aromatic rings. The normalized spacial score (nSPS) is 18.4. The molecule has 1 aliphatic heterocycles. The summed E-state index contributed by atoms with van der Waals surface area (Å²) in [4.78, 5) is 0. The summed E-state index contributed by atoms with van der Waals surface area (Å²) >= 11 is 0. The molecule has 0 aliphatic carbocycles. The van der Waals surface area contributed by atoms with Gasteiger partial charge in [0.05, 0.1) is 19.8 Å². The maximum absolute atomic E-state index is 11.0. The van der Waals surface area contributed by atoms with E-state index in [1.165, 1.54) is 6.07 Å². The first-order chi connectivity index (χ1) is 8.05. The Morgan fingerprint density at radius 1 is 1.35 bits per heavy atom. The molecule has 0 radical (unpaired) electrons. The molecular weight excluding hydrogens is 246 g/mol. The molecule has 0 aromatic carbocycles. The van der Waals surface area contributed by atoms with Gasteiger partial charge in [-0.05, 0) is 12.1 Å². The van der Waals surface area contributed by atoms with Crippen LogP contribution in [-0.2, 0) is 21.3 Å². The van der Waals surface area contributed by atoms with Crippen LogP contribution in [0, 0.1) is 0 Å². The van der Waals surface area contributed by atoms with Crippen molar-refractivity contribution in [2.24, 2.45) is 5.14 Å². The van der Waals surface area contributed by atoms with Gasteiger partial charge in [0, 0.05) is 13.1 Å². The number of ether oxygens (including phenoxy) is 1. The second kappa shape index (κ2) is 5.15. The van der Waals surface area contributed by atoms with E-state index in [0.29, 0.717) is 25.5 Å². The quantitative estimate of drug-likeness (QED) is 0.741. The first kappa shape index (κ1) is 12.5. The number of nitrogens with zero attached hydrogens (tertiary/aromatic N) is 1. The molecular formula is C9H15N3O4S. The summed E-state index contributed by atoms with van der Waals surface area (Å²) in [5, 5.41) is 6.73. The van der Waals surface area contributed by atoms with Gasteiger partial charge in [0.2, 0.25) is 5.09 Å². The van der Waals surface area contributed by atoms with Gasteiger partial charge >= 0.3 is 0 Å². The van der Waals surface area contributed by atoms with Crippen molar-refractivity contribution >= 4 is 10.0 Å². The first-order valence-corrected chi connectivity index (χ1v) is 6.78. The van der Waals surface area contributed by atoms with Gasteiger partial charge in [-0.2, -0.15) is 0 Å². The molecule has 7 nitrogen and oxygen atoms in total. The predicted molar refractivity (Wildman–Crippen MR) is 59.3 cm³/mol. The van der Waals surface area contributed by atoms with E-state index < -0.39 is 10.0 Å². The fraction of sp³-hybridized carbons (Fsp3) is 0.556. The van der Waals surface area contributed by atoms with E-state index in [1.807, 2.05) is 5.01 Å². The van der Waals surface area contributed by atoms with Gasteiger partial charge in [-0.3, -0.25) is 0 Å². The second-order valence-electron chi connectivity index (χ2n) is 3.70. The minimum atomic E-state index is -3.75. The van der Waals surface area contributed by atoms with E-state index in [-0.39, 0.29) is 5.09 Å². The Labute approximate surface area is 99.5 Å². The Bertz CT molecular complexity index is 464.